The van der Waals surface area contributed by atoms with E-state index in [0.717, 1.165) is 17.0 Å². The Balaban J connectivity index is 1.64. The van der Waals surface area contributed by atoms with Crippen molar-refractivity contribution >= 4 is 5.91 Å². The maximum Gasteiger partial charge on any atom is 0.251 e. The van der Waals surface area contributed by atoms with Crippen molar-refractivity contribution in [2.75, 3.05) is 20.3 Å². The minimum absolute atomic E-state index is 0.148. The van der Waals surface area contributed by atoms with Gasteiger partial charge >= 0.3 is 0 Å². The number of aryl methyl sites for hydroxylation is 2. The van der Waals surface area contributed by atoms with E-state index in [9.17, 15) is 4.79 Å². The summed E-state index contributed by atoms with van der Waals surface area (Å²) in [6.07, 6.45) is 2.09. The molecule has 0 unspecified atom stereocenters. The molecule has 0 radical (unpaired) electrons. The topological polar surface area (TPSA) is 95.7 Å². The lowest BCUT2D eigenvalue weighted by Crippen LogP contribution is -2.50. The molecule has 2 atom stereocenters. The average Bonchev–Trinajstić information content (AvgIpc) is 2.99. The molecule has 3 heterocycles. The van der Waals surface area contributed by atoms with Crippen LogP contribution in [0.1, 0.15) is 33.8 Å². The summed E-state index contributed by atoms with van der Waals surface area (Å²) in [6.45, 7) is 5.14. The lowest BCUT2D eigenvalue weighted by molar-refractivity contribution is -0.0608. The van der Waals surface area contributed by atoms with Crippen molar-refractivity contribution in [3.05, 3.63) is 40.9 Å². The second-order valence-corrected chi connectivity index (χ2v) is 6.18. The van der Waals surface area contributed by atoms with Crippen molar-refractivity contribution < 1.29 is 23.5 Å². The number of rotatable bonds is 6. The zero-order valence-corrected chi connectivity index (χ0v) is 15.2. The first-order valence-electron chi connectivity index (χ1n) is 8.50. The predicted octanol–water partition coefficient (Wildman–Crippen LogP) is 1.80. The van der Waals surface area contributed by atoms with E-state index < -0.39 is 0 Å². The molecular weight excluding hydrogens is 338 g/mol. The molecule has 26 heavy (non-hydrogen) atoms. The zero-order chi connectivity index (χ0) is 18.5. The van der Waals surface area contributed by atoms with Crippen molar-refractivity contribution in [2.24, 2.45) is 0 Å². The maximum absolute atomic E-state index is 12.5. The Kier molecular flexibility index (Phi) is 5.85. The number of pyridine rings is 1. The van der Waals surface area contributed by atoms with Gasteiger partial charge in [0.2, 0.25) is 5.88 Å². The molecule has 2 aromatic heterocycles. The van der Waals surface area contributed by atoms with Crippen LogP contribution in [0.25, 0.3) is 0 Å². The van der Waals surface area contributed by atoms with Gasteiger partial charge in [-0.1, -0.05) is 5.16 Å². The van der Waals surface area contributed by atoms with E-state index in [-0.39, 0.29) is 18.1 Å². The fraction of sp³-hybridized carbons (Fsp3) is 0.500. The summed E-state index contributed by atoms with van der Waals surface area (Å²) in [7, 11) is 1.51. The molecule has 1 fully saturated rings. The molecule has 0 aromatic carbocycles. The van der Waals surface area contributed by atoms with E-state index in [1.165, 1.54) is 13.3 Å². The molecule has 0 spiro atoms. The highest BCUT2D eigenvalue weighted by Gasteiger charge is 2.29. The van der Waals surface area contributed by atoms with Gasteiger partial charge in [-0.25, -0.2) is 4.98 Å². The minimum atomic E-state index is -0.240. The van der Waals surface area contributed by atoms with Crippen LogP contribution in [-0.2, 0) is 16.1 Å². The number of hydrogen-bond donors (Lipinski definition) is 1. The molecule has 0 saturated carbocycles. The highest BCUT2D eigenvalue weighted by molar-refractivity contribution is 5.94. The van der Waals surface area contributed by atoms with Crippen molar-refractivity contribution in [2.45, 2.75) is 39.0 Å². The van der Waals surface area contributed by atoms with Crippen molar-refractivity contribution in [1.82, 2.24) is 15.5 Å². The zero-order valence-electron chi connectivity index (χ0n) is 15.2. The highest BCUT2D eigenvalue weighted by Crippen LogP contribution is 2.19. The number of aromatic nitrogens is 2. The van der Waals surface area contributed by atoms with Crippen LogP contribution in [0.3, 0.4) is 0 Å². The summed E-state index contributed by atoms with van der Waals surface area (Å²) in [4.78, 5) is 16.5. The van der Waals surface area contributed by atoms with E-state index in [1.807, 2.05) is 13.8 Å². The molecule has 1 saturated heterocycles. The van der Waals surface area contributed by atoms with Crippen molar-refractivity contribution in [3.63, 3.8) is 0 Å². The molecule has 3 rings (SSSR count). The van der Waals surface area contributed by atoms with Gasteiger partial charge in [0, 0.05) is 30.0 Å². The first kappa shape index (κ1) is 18.3. The molecule has 2 aromatic rings. The Bertz CT molecular complexity index is 742. The van der Waals surface area contributed by atoms with Crippen LogP contribution in [0.5, 0.6) is 5.88 Å². The van der Waals surface area contributed by atoms with Gasteiger partial charge in [0.1, 0.15) is 5.76 Å². The lowest BCUT2D eigenvalue weighted by Gasteiger charge is -2.32. The highest BCUT2D eigenvalue weighted by atomic mass is 16.5. The second kappa shape index (κ2) is 8.29. The molecule has 1 N–H and O–H groups in total. The minimum Gasteiger partial charge on any atom is -0.481 e. The van der Waals surface area contributed by atoms with Crippen molar-refractivity contribution in [1.29, 1.82) is 0 Å². The van der Waals surface area contributed by atoms with E-state index in [2.05, 4.69) is 15.5 Å². The van der Waals surface area contributed by atoms with Crippen LogP contribution >= 0.6 is 0 Å². The van der Waals surface area contributed by atoms with Crippen LogP contribution < -0.4 is 10.1 Å². The third-order valence-electron chi connectivity index (χ3n) is 4.44. The molecule has 140 valence electrons. The van der Waals surface area contributed by atoms with E-state index in [1.54, 1.807) is 12.1 Å². The summed E-state index contributed by atoms with van der Waals surface area (Å²) in [5.74, 6) is 0.926. The number of nitrogens with zero attached hydrogens (tertiary/aromatic N) is 2. The molecule has 1 amide bonds. The molecule has 1 aliphatic heterocycles. The Labute approximate surface area is 151 Å². The van der Waals surface area contributed by atoms with Gasteiger partial charge in [0.15, 0.2) is 0 Å². The summed E-state index contributed by atoms with van der Waals surface area (Å²) < 4.78 is 21.8. The molecular formula is C18H23N3O5. The SMILES string of the molecule is COc1cc(C(=O)N[C@@H]2COCC[C@@H]2OCc2c(C)noc2C)ccn1. The molecule has 8 heteroatoms. The number of carbonyl (C=O) groups is 1. The summed E-state index contributed by atoms with van der Waals surface area (Å²) in [5.41, 5.74) is 2.24. The monoisotopic (exact) mass is 361 g/mol. The number of carbonyl (C=O) groups excluding carboxylic acids is 1. The number of hydrogen-bond acceptors (Lipinski definition) is 7. The third kappa shape index (κ3) is 4.20. The predicted molar refractivity (Wildman–Crippen MR) is 92.0 cm³/mol. The smallest absolute Gasteiger partial charge is 0.251 e. The van der Waals surface area contributed by atoms with Crippen LogP contribution in [-0.4, -0.2) is 48.5 Å². The molecule has 8 nitrogen and oxygen atoms in total. The van der Waals surface area contributed by atoms with Gasteiger partial charge in [0.25, 0.3) is 5.91 Å². The molecule has 1 aliphatic rings. The van der Waals surface area contributed by atoms with Gasteiger partial charge < -0.3 is 24.1 Å². The van der Waals surface area contributed by atoms with Gasteiger partial charge in [0.05, 0.1) is 38.2 Å². The maximum atomic E-state index is 12.5. The fourth-order valence-electron chi connectivity index (χ4n) is 2.86. The number of methoxy groups -OCH3 is 1. The van der Waals surface area contributed by atoms with Gasteiger partial charge in [-0.15, -0.1) is 0 Å². The van der Waals surface area contributed by atoms with Crippen molar-refractivity contribution in [3.8, 4) is 5.88 Å². The number of amides is 1. The standard InChI is InChI=1S/C18H23N3O5/c1-11-14(12(2)26-21-11)9-25-16-5-7-24-10-15(16)20-18(22)13-4-6-19-17(8-13)23-3/h4,6,8,15-16H,5,7,9-10H2,1-3H3,(H,20,22)/t15-,16+/m1/s1. The largest absolute Gasteiger partial charge is 0.481 e. The Hall–Kier alpha value is -2.45. The Morgan fingerprint density at radius 1 is 1.42 bits per heavy atom. The van der Waals surface area contributed by atoms with Crippen LogP contribution in [0.15, 0.2) is 22.9 Å². The van der Waals surface area contributed by atoms with Gasteiger partial charge in [-0.3, -0.25) is 4.79 Å². The summed E-state index contributed by atoms with van der Waals surface area (Å²) in [6, 6.07) is 3.00. The normalized spacial score (nSPS) is 20.0. The number of ether oxygens (including phenoxy) is 3. The summed E-state index contributed by atoms with van der Waals surface area (Å²) in [5, 5.41) is 6.92. The Morgan fingerprint density at radius 3 is 3.00 bits per heavy atom. The van der Waals surface area contributed by atoms with Crippen LogP contribution in [0.2, 0.25) is 0 Å². The first-order valence-corrected chi connectivity index (χ1v) is 8.50. The van der Waals surface area contributed by atoms with E-state index in [4.69, 9.17) is 18.7 Å². The Morgan fingerprint density at radius 2 is 2.27 bits per heavy atom. The third-order valence-corrected chi connectivity index (χ3v) is 4.44. The van der Waals surface area contributed by atoms with Gasteiger partial charge in [-0.2, -0.15) is 0 Å². The summed E-state index contributed by atoms with van der Waals surface area (Å²) >= 11 is 0. The molecule has 0 bridgehead atoms. The first-order chi connectivity index (χ1) is 12.6. The van der Waals surface area contributed by atoms with Crippen LogP contribution in [0.4, 0.5) is 0 Å². The second-order valence-electron chi connectivity index (χ2n) is 6.18. The lowest BCUT2D eigenvalue weighted by atomic mass is 10.1. The quantitative estimate of drug-likeness (QED) is 0.838. The van der Waals surface area contributed by atoms with Crippen LogP contribution in [0, 0.1) is 13.8 Å². The van der Waals surface area contributed by atoms with Gasteiger partial charge in [-0.05, 0) is 26.3 Å². The average molecular weight is 361 g/mol. The van der Waals surface area contributed by atoms with E-state index >= 15 is 0 Å². The molecule has 0 aliphatic carbocycles. The fourth-order valence-corrected chi connectivity index (χ4v) is 2.86. The van der Waals surface area contributed by atoms with E-state index in [0.29, 0.717) is 37.7 Å². The number of nitrogens with one attached hydrogen (secondary N) is 1.